The molecule has 2 aliphatic heterocycles. The summed E-state index contributed by atoms with van der Waals surface area (Å²) in [6.07, 6.45) is 7.94. The third-order valence-corrected chi connectivity index (χ3v) is 6.10. The van der Waals surface area contributed by atoms with Crippen LogP contribution in [0.15, 0.2) is 0 Å². The van der Waals surface area contributed by atoms with Crippen LogP contribution < -0.4 is 16.0 Å². The smallest absolute Gasteiger partial charge is 0.326 e. The van der Waals surface area contributed by atoms with E-state index in [-0.39, 0.29) is 30.2 Å². The molecule has 3 rings (SSSR count). The van der Waals surface area contributed by atoms with Crippen molar-refractivity contribution in [2.24, 2.45) is 17.8 Å². The zero-order valence-electron chi connectivity index (χ0n) is 14.6. The first-order valence-electron chi connectivity index (χ1n) is 9.59. The van der Waals surface area contributed by atoms with E-state index < -0.39 is 12.0 Å². The normalized spacial score (nSPS) is 31.5. The van der Waals surface area contributed by atoms with Gasteiger partial charge in [0.25, 0.3) is 0 Å². The van der Waals surface area contributed by atoms with Gasteiger partial charge in [-0.1, -0.05) is 32.1 Å². The van der Waals surface area contributed by atoms with E-state index in [2.05, 4.69) is 16.0 Å². The van der Waals surface area contributed by atoms with E-state index in [0.29, 0.717) is 24.8 Å². The molecule has 1 aliphatic carbocycles. The SMILES string of the molecule is O=C(O)C(C[C@@H]1CCNC1=O)NC(=O)[C@@H]1C[C@@H](C2CCCCC2)CN1. The minimum atomic E-state index is -1.07. The van der Waals surface area contributed by atoms with Gasteiger partial charge in [0, 0.05) is 12.5 Å². The highest BCUT2D eigenvalue weighted by molar-refractivity contribution is 5.88. The van der Waals surface area contributed by atoms with Crippen LogP contribution in [0.25, 0.3) is 0 Å². The molecule has 2 saturated heterocycles. The van der Waals surface area contributed by atoms with Gasteiger partial charge in [0.15, 0.2) is 0 Å². The zero-order valence-corrected chi connectivity index (χ0v) is 14.6. The molecule has 2 heterocycles. The lowest BCUT2D eigenvalue weighted by Gasteiger charge is -2.26. The number of hydrogen-bond acceptors (Lipinski definition) is 4. The molecule has 4 N–H and O–H groups in total. The van der Waals surface area contributed by atoms with Crippen molar-refractivity contribution in [3.63, 3.8) is 0 Å². The monoisotopic (exact) mass is 351 g/mol. The van der Waals surface area contributed by atoms with E-state index in [1.165, 1.54) is 32.1 Å². The summed E-state index contributed by atoms with van der Waals surface area (Å²) < 4.78 is 0. The van der Waals surface area contributed by atoms with Gasteiger partial charge < -0.3 is 21.1 Å². The van der Waals surface area contributed by atoms with Crippen molar-refractivity contribution in [2.45, 2.75) is 63.5 Å². The van der Waals surface area contributed by atoms with Gasteiger partial charge in [0.1, 0.15) is 6.04 Å². The highest BCUT2D eigenvalue weighted by atomic mass is 16.4. The van der Waals surface area contributed by atoms with Crippen LogP contribution >= 0.6 is 0 Å². The number of carbonyl (C=O) groups is 3. The summed E-state index contributed by atoms with van der Waals surface area (Å²) in [5, 5.41) is 18.0. The van der Waals surface area contributed by atoms with E-state index in [9.17, 15) is 19.5 Å². The first kappa shape index (κ1) is 18.2. The molecule has 3 aliphatic rings. The second-order valence-electron chi connectivity index (χ2n) is 7.77. The van der Waals surface area contributed by atoms with E-state index in [4.69, 9.17) is 0 Å². The number of amides is 2. The molecule has 25 heavy (non-hydrogen) atoms. The van der Waals surface area contributed by atoms with Crippen molar-refractivity contribution in [1.82, 2.24) is 16.0 Å². The largest absolute Gasteiger partial charge is 0.480 e. The Kier molecular flexibility index (Phi) is 5.93. The Bertz CT molecular complexity index is 518. The summed E-state index contributed by atoms with van der Waals surface area (Å²) in [5.74, 6) is -0.555. The Hall–Kier alpha value is -1.63. The van der Waals surface area contributed by atoms with Gasteiger partial charge >= 0.3 is 5.97 Å². The molecule has 2 amide bonds. The minimum Gasteiger partial charge on any atom is -0.480 e. The lowest BCUT2D eigenvalue weighted by Crippen LogP contribution is -2.49. The van der Waals surface area contributed by atoms with Crippen LogP contribution in [0.3, 0.4) is 0 Å². The number of rotatable bonds is 6. The average Bonchev–Trinajstić information content (AvgIpc) is 3.24. The summed E-state index contributed by atoms with van der Waals surface area (Å²) in [4.78, 5) is 35.7. The van der Waals surface area contributed by atoms with Gasteiger partial charge in [-0.2, -0.15) is 0 Å². The third kappa shape index (κ3) is 4.51. The first-order valence-corrected chi connectivity index (χ1v) is 9.59. The van der Waals surface area contributed by atoms with Crippen LogP contribution in [0, 0.1) is 17.8 Å². The van der Waals surface area contributed by atoms with Gasteiger partial charge in [-0.3, -0.25) is 9.59 Å². The van der Waals surface area contributed by atoms with Crippen molar-refractivity contribution in [1.29, 1.82) is 0 Å². The van der Waals surface area contributed by atoms with Crippen molar-refractivity contribution in [3.8, 4) is 0 Å². The van der Waals surface area contributed by atoms with Gasteiger partial charge in [-0.25, -0.2) is 4.79 Å². The second-order valence-corrected chi connectivity index (χ2v) is 7.77. The molecule has 1 unspecified atom stereocenters. The molecular weight excluding hydrogens is 322 g/mol. The quantitative estimate of drug-likeness (QED) is 0.562. The third-order valence-electron chi connectivity index (χ3n) is 6.10. The lowest BCUT2D eigenvalue weighted by molar-refractivity contribution is -0.142. The second kappa shape index (κ2) is 8.17. The van der Waals surface area contributed by atoms with Crippen LogP contribution in [0.2, 0.25) is 0 Å². The molecule has 0 aromatic heterocycles. The maximum Gasteiger partial charge on any atom is 0.326 e. The van der Waals surface area contributed by atoms with Crippen molar-refractivity contribution in [2.75, 3.05) is 13.1 Å². The standard InChI is InChI=1S/C18H29N3O4/c22-16-12(6-7-19-16)8-15(18(24)25)21-17(23)14-9-13(10-20-14)11-4-2-1-3-5-11/h11-15,20H,1-10H2,(H,19,22)(H,21,23)(H,24,25)/t12-,13+,14-,15?/m0/s1. The van der Waals surface area contributed by atoms with Crippen LogP contribution in [-0.4, -0.2) is 48.1 Å². The molecule has 7 nitrogen and oxygen atoms in total. The Morgan fingerprint density at radius 3 is 2.56 bits per heavy atom. The molecule has 0 radical (unpaired) electrons. The predicted octanol–water partition coefficient (Wildman–Crippen LogP) is 0.640. The van der Waals surface area contributed by atoms with Crippen molar-refractivity contribution in [3.05, 3.63) is 0 Å². The number of nitrogens with one attached hydrogen (secondary N) is 3. The van der Waals surface area contributed by atoms with E-state index in [0.717, 1.165) is 13.0 Å². The minimum absolute atomic E-state index is 0.114. The van der Waals surface area contributed by atoms with Crippen LogP contribution in [0.5, 0.6) is 0 Å². The molecule has 3 fully saturated rings. The molecule has 0 bridgehead atoms. The highest BCUT2D eigenvalue weighted by Gasteiger charge is 2.37. The topological polar surface area (TPSA) is 108 Å². The summed E-state index contributed by atoms with van der Waals surface area (Å²) in [6, 6.07) is -1.32. The molecule has 0 aromatic carbocycles. The maximum absolute atomic E-state index is 12.5. The van der Waals surface area contributed by atoms with Gasteiger partial charge in [-0.15, -0.1) is 0 Å². The van der Waals surface area contributed by atoms with Gasteiger partial charge in [0.05, 0.1) is 6.04 Å². The zero-order chi connectivity index (χ0) is 17.8. The van der Waals surface area contributed by atoms with Gasteiger partial charge in [-0.05, 0) is 37.6 Å². The van der Waals surface area contributed by atoms with E-state index >= 15 is 0 Å². The predicted molar refractivity (Wildman–Crippen MR) is 91.8 cm³/mol. The Labute approximate surface area is 148 Å². The van der Waals surface area contributed by atoms with Crippen molar-refractivity contribution >= 4 is 17.8 Å². The van der Waals surface area contributed by atoms with Crippen LogP contribution in [0.4, 0.5) is 0 Å². The summed E-state index contributed by atoms with van der Waals surface area (Å²) in [6.45, 7) is 1.42. The number of carboxylic acid groups (broad SMARTS) is 1. The van der Waals surface area contributed by atoms with E-state index in [1.807, 2.05) is 0 Å². The Morgan fingerprint density at radius 2 is 1.92 bits per heavy atom. The fraction of sp³-hybridized carbons (Fsp3) is 0.833. The molecule has 140 valence electrons. The molecule has 0 spiro atoms. The summed E-state index contributed by atoms with van der Waals surface area (Å²) in [7, 11) is 0. The fourth-order valence-corrected chi connectivity index (χ4v) is 4.58. The summed E-state index contributed by atoms with van der Waals surface area (Å²) in [5.41, 5.74) is 0. The maximum atomic E-state index is 12.5. The molecule has 0 aromatic rings. The van der Waals surface area contributed by atoms with Crippen LogP contribution in [-0.2, 0) is 14.4 Å². The fourth-order valence-electron chi connectivity index (χ4n) is 4.58. The number of carbonyl (C=O) groups excluding carboxylic acids is 2. The summed E-state index contributed by atoms with van der Waals surface area (Å²) >= 11 is 0. The molecular formula is C18H29N3O4. The lowest BCUT2D eigenvalue weighted by atomic mass is 9.79. The number of aliphatic carboxylic acids is 1. The van der Waals surface area contributed by atoms with Crippen LogP contribution in [0.1, 0.15) is 51.4 Å². The van der Waals surface area contributed by atoms with Gasteiger partial charge in [0.2, 0.25) is 11.8 Å². The number of carboxylic acids is 1. The Morgan fingerprint density at radius 1 is 1.16 bits per heavy atom. The molecule has 1 saturated carbocycles. The van der Waals surface area contributed by atoms with E-state index in [1.54, 1.807) is 0 Å². The Balaban J connectivity index is 1.51. The average molecular weight is 351 g/mol. The molecule has 4 atom stereocenters. The first-order chi connectivity index (χ1) is 12.0. The molecule has 7 heteroatoms. The number of hydrogen-bond donors (Lipinski definition) is 4. The van der Waals surface area contributed by atoms with Crippen molar-refractivity contribution < 1.29 is 19.5 Å². The highest BCUT2D eigenvalue weighted by Crippen LogP contribution is 2.34.